The van der Waals surface area contributed by atoms with Crippen LogP contribution >= 0.6 is 0 Å². The lowest BCUT2D eigenvalue weighted by Gasteiger charge is -2.15. The first-order valence-electron chi connectivity index (χ1n) is 5.40. The van der Waals surface area contributed by atoms with E-state index in [0.717, 1.165) is 5.56 Å². The summed E-state index contributed by atoms with van der Waals surface area (Å²) in [6.45, 7) is 1.94. The number of rotatable bonds is 2. The van der Waals surface area contributed by atoms with E-state index in [2.05, 4.69) is 0 Å². The number of nitrogens with zero attached hydrogens (tertiary/aromatic N) is 2. The highest BCUT2D eigenvalue weighted by atomic mass is 16.1. The van der Waals surface area contributed by atoms with Gasteiger partial charge in [-0.05, 0) is 24.6 Å². The van der Waals surface area contributed by atoms with Gasteiger partial charge in [0.25, 0.3) is 5.56 Å². The molecule has 3 heteroatoms. The van der Waals surface area contributed by atoms with E-state index in [4.69, 9.17) is 5.26 Å². The molecule has 1 heterocycles. The first-order chi connectivity index (χ1) is 8.24. The summed E-state index contributed by atoms with van der Waals surface area (Å²) in [5.41, 5.74) is 0.978. The fourth-order valence-corrected chi connectivity index (χ4v) is 1.79. The van der Waals surface area contributed by atoms with Crippen LogP contribution in [0.2, 0.25) is 0 Å². The predicted octanol–water partition coefficient (Wildman–Crippen LogP) is 2.33. The fraction of sp³-hybridized carbons (Fsp3) is 0.143. The molecular formula is C14H12N2O. The van der Waals surface area contributed by atoms with Gasteiger partial charge >= 0.3 is 0 Å². The summed E-state index contributed by atoms with van der Waals surface area (Å²) in [4.78, 5) is 12.0. The predicted molar refractivity (Wildman–Crippen MR) is 65.7 cm³/mol. The lowest BCUT2D eigenvalue weighted by atomic mass is 10.1. The summed E-state index contributed by atoms with van der Waals surface area (Å²) in [5.74, 6) is 0. The molecule has 1 unspecified atom stereocenters. The molecule has 1 aromatic carbocycles. The molecule has 0 fully saturated rings. The maximum absolute atomic E-state index is 12.0. The lowest BCUT2D eigenvalue weighted by Crippen LogP contribution is -2.25. The van der Waals surface area contributed by atoms with E-state index >= 15 is 0 Å². The van der Waals surface area contributed by atoms with E-state index in [9.17, 15) is 4.79 Å². The van der Waals surface area contributed by atoms with Gasteiger partial charge in [0.15, 0.2) is 0 Å². The zero-order valence-corrected chi connectivity index (χ0v) is 9.50. The summed E-state index contributed by atoms with van der Waals surface area (Å²) in [6, 6.07) is 14.8. The molecule has 1 atom stereocenters. The molecule has 17 heavy (non-hydrogen) atoms. The zero-order valence-electron chi connectivity index (χ0n) is 9.50. The van der Waals surface area contributed by atoms with Gasteiger partial charge in [0.2, 0.25) is 0 Å². The topological polar surface area (TPSA) is 45.8 Å². The normalized spacial score (nSPS) is 11.8. The molecule has 0 bridgehead atoms. The quantitative estimate of drug-likeness (QED) is 0.785. The molecule has 0 saturated carbocycles. The molecule has 0 aliphatic carbocycles. The molecule has 0 aliphatic heterocycles. The maximum Gasteiger partial charge on any atom is 0.269 e. The number of nitriles is 1. The molecule has 0 saturated heterocycles. The van der Waals surface area contributed by atoms with Gasteiger partial charge in [-0.25, -0.2) is 0 Å². The summed E-state index contributed by atoms with van der Waals surface area (Å²) in [7, 11) is 0. The van der Waals surface area contributed by atoms with Crippen LogP contribution in [-0.2, 0) is 0 Å². The molecule has 2 aromatic rings. The summed E-state index contributed by atoms with van der Waals surface area (Å²) in [5, 5.41) is 8.83. The number of benzene rings is 1. The highest BCUT2D eigenvalue weighted by molar-refractivity contribution is 5.27. The average Bonchev–Trinajstić information content (AvgIpc) is 2.39. The number of hydrogen-bond acceptors (Lipinski definition) is 2. The van der Waals surface area contributed by atoms with E-state index in [1.807, 2.05) is 43.3 Å². The van der Waals surface area contributed by atoms with Crippen LogP contribution < -0.4 is 5.56 Å². The van der Waals surface area contributed by atoms with E-state index in [-0.39, 0.29) is 17.2 Å². The van der Waals surface area contributed by atoms with E-state index in [1.165, 1.54) is 6.07 Å². The lowest BCUT2D eigenvalue weighted by molar-refractivity contribution is 0.613. The van der Waals surface area contributed by atoms with Crippen molar-refractivity contribution in [2.24, 2.45) is 0 Å². The fourth-order valence-electron chi connectivity index (χ4n) is 1.79. The van der Waals surface area contributed by atoms with Gasteiger partial charge in [-0.2, -0.15) is 5.26 Å². The van der Waals surface area contributed by atoms with Crippen molar-refractivity contribution in [3.05, 3.63) is 70.1 Å². The molecule has 0 N–H and O–H groups in total. The van der Waals surface area contributed by atoms with Crippen molar-refractivity contribution < 1.29 is 0 Å². The minimum atomic E-state index is -0.244. The average molecular weight is 224 g/mol. The minimum Gasteiger partial charge on any atom is -0.307 e. The Morgan fingerprint density at radius 1 is 1.18 bits per heavy atom. The molecule has 3 nitrogen and oxygen atoms in total. The van der Waals surface area contributed by atoms with Crippen molar-refractivity contribution in [3.8, 4) is 6.07 Å². The highest BCUT2D eigenvalue weighted by Gasteiger charge is 2.10. The second-order valence-corrected chi connectivity index (χ2v) is 3.83. The van der Waals surface area contributed by atoms with Crippen LogP contribution in [-0.4, -0.2) is 4.57 Å². The van der Waals surface area contributed by atoms with Crippen LogP contribution in [0.4, 0.5) is 0 Å². The van der Waals surface area contributed by atoms with Gasteiger partial charge in [-0.15, -0.1) is 0 Å². The standard InChI is InChI=1S/C14H12N2O/c1-11(12-6-3-2-4-7-12)16-9-5-8-13(10-15)14(16)17/h2-9,11H,1H3. The van der Waals surface area contributed by atoms with Crippen LogP contribution in [0.5, 0.6) is 0 Å². The minimum absolute atomic E-state index is 0.0722. The molecule has 0 aliphatic rings. The third-order valence-corrected chi connectivity index (χ3v) is 2.79. The third-order valence-electron chi connectivity index (χ3n) is 2.79. The number of pyridine rings is 1. The summed E-state index contributed by atoms with van der Waals surface area (Å²) in [6.07, 6.45) is 1.71. The van der Waals surface area contributed by atoms with Crippen molar-refractivity contribution in [3.63, 3.8) is 0 Å². The Balaban J connectivity index is 2.50. The Labute approximate surface area is 99.6 Å². The van der Waals surface area contributed by atoms with Gasteiger partial charge in [0.05, 0.1) is 6.04 Å². The second-order valence-electron chi connectivity index (χ2n) is 3.83. The first kappa shape index (κ1) is 11.2. The van der Waals surface area contributed by atoms with Crippen molar-refractivity contribution in [1.82, 2.24) is 4.57 Å². The Bertz CT molecular complexity index is 608. The van der Waals surface area contributed by atoms with Gasteiger partial charge in [0.1, 0.15) is 11.6 Å². The van der Waals surface area contributed by atoms with Gasteiger partial charge < -0.3 is 4.57 Å². The maximum atomic E-state index is 12.0. The van der Waals surface area contributed by atoms with Crippen molar-refractivity contribution >= 4 is 0 Å². The smallest absolute Gasteiger partial charge is 0.269 e. The molecule has 0 amide bonds. The van der Waals surface area contributed by atoms with Crippen LogP contribution in [0.15, 0.2) is 53.5 Å². The van der Waals surface area contributed by atoms with Crippen molar-refractivity contribution in [2.75, 3.05) is 0 Å². The summed E-state index contributed by atoms with van der Waals surface area (Å²) < 4.78 is 1.58. The molecule has 1 aromatic heterocycles. The number of aromatic nitrogens is 1. The van der Waals surface area contributed by atoms with Crippen LogP contribution in [0.1, 0.15) is 24.1 Å². The third kappa shape index (κ3) is 2.11. The molecule has 2 rings (SSSR count). The zero-order chi connectivity index (χ0) is 12.3. The highest BCUT2D eigenvalue weighted by Crippen LogP contribution is 2.15. The van der Waals surface area contributed by atoms with Crippen LogP contribution in [0, 0.1) is 11.3 Å². The Hall–Kier alpha value is -2.34. The largest absolute Gasteiger partial charge is 0.307 e. The Kier molecular flexibility index (Phi) is 3.06. The molecule has 0 radical (unpaired) electrons. The van der Waals surface area contributed by atoms with Gasteiger partial charge in [0, 0.05) is 6.20 Å². The van der Waals surface area contributed by atoms with E-state index < -0.39 is 0 Å². The first-order valence-corrected chi connectivity index (χ1v) is 5.40. The van der Waals surface area contributed by atoms with E-state index in [1.54, 1.807) is 16.8 Å². The Morgan fingerprint density at radius 2 is 1.88 bits per heavy atom. The van der Waals surface area contributed by atoms with Crippen molar-refractivity contribution in [1.29, 1.82) is 5.26 Å². The second kappa shape index (κ2) is 4.67. The summed E-state index contributed by atoms with van der Waals surface area (Å²) >= 11 is 0. The van der Waals surface area contributed by atoms with Crippen LogP contribution in [0.3, 0.4) is 0 Å². The van der Waals surface area contributed by atoms with Gasteiger partial charge in [-0.3, -0.25) is 4.79 Å². The molecule has 0 spiro atoms. The SMILES string of the molecule is CC(c1ccccc1)n1cccc(C#N)c1=O. The van der Waals surface area contributed by atoms with Crippen molar-refractivity contribution in [2.45, 2.75) is 13.0 Å². The number of hydrogen-bond donors (Lipinski definition) is 0. The van der Waals surface area contributed by atoms with E-state index in [0.29, 0.717) is 0 Å². The van der Waals surface area contributed by atoms with Gasteiger partial charge in [-0.1, -0.05) is 30.3 Å². The molecule has 84 valence electrons. The Morgan fingerprint density at radius 3 is 2.53 bits per heavy atom. The monoisotopic (exact) mass is 224 g/mol. The van der Waals surface area contributed by atoms with Crippen LogP contribution in [0.25, 0.3) is 0 Å². The molecular weight excluding hydrogens is 212 g/mol.